The van der Waals surface area contributed by atoms with E-state index in [2.05, 4.69) is 329 Å². The molecule has 0 unspecified atom stereocenters. The van der Waals surface area contributed by atoms with Gasteiger partial charge in [-0.2, -0.15) is 0 Å². The van der Waals surface area contributed by atoms with Crippen molar-refractivity contribution in [3.8, 4) is 73.0 Å². The van der Waals surface area contributed by atoms with E-state index < -0.39 is 0 Å². The van der Waals surface area contributed by atoms with Gasteiger partial charge in [0.1, 0.15) is 5.82 Å². The fourth-order valence-corrected chi connectivity index (χ4v) is 14.6. The average molecular weight is 1110 g/mol. The van der Waals surface area contributed by atoms with Gasteiger partial charge in [0.05, 0.1) is 33.1 Å². The molecule has 15 aromatic carbocycles. The molecule has 18 aromatic rings. The Morgan fingerprint density at radius 2 is 0.506 bits per heavy atom. The second-order valence-corrected chi connectivity index (χ2v) is 22.9. The second kappa shape index (κ2) is 19.5. The lowest BCUT2D eigenvalue weighted by Crippen LogP contribution is -1.98. The highest BCUT2D eigenvalue weighted by Gasteiger charge is 2.24. The van der Waals surface area contributed by atoms with E-state index in [9.17, 15) is 0 Å². The quantitative estimate of drug-likeness (QED) is 0.139. The summed E-state index contributed by atoms with van der Waals surface area (Å²) in [6.45, 7) is 0. The molecule has 0 atom stereocenters. The minimum Gasteiger partial charge on any atom is -0.309 e. The van der Waals surface area contributed by atoms with Gasteiger partial charge >= 0.3 is 0 Å². The Kier molecular flexibility index (Phi) is 11.0. The maximum atomic E-state index is 5.31. The summed E-state index contributed by atoms with van der Waals surface area (Å²) < 4.78 is 7.16. The van der Waals surface area contributed by atoms with Crippen molar-refractivity contribution < 1.29 is 0 Å². The topological polar surface area (TPSA) is 27.7 Å². The molecular weight excluding hydrogens is 1050 g/mol. The van der Waals surface area contributed by atoms with Gasteiger partial charge in [-0.15, -0.1) is 0 Å². The van der Waals surface area contributed by atoms with Gasteiger partial charge in [0.25, 0.3) is 0 Å². The van der Waals surface area contributed by atoms with Gasteiger partial charge in [-0.1, -0.05) is 231 Å². The Labute approximate surface area is 502 Å². The van der Waals surface area contributed by atoms with Crippen molar-refractivity contribution >= 4 is 97.7 Å². The maximum Gasteiger partial charge on any atom is 0.145 e. The lowest BCUT2D eigenvalue weighted by molar-refractivity contribution is 1.10. The van der Waals surface area contributed by atoms with Crippen LogP contribution in [-0.2, 0) is 0 Å². The molecule has 3 aromatic heterocycles. The van der Waals surface area contributed by atoms with Crippen LogP contribution in [0, 0.1) is 0 Å². The van der Waals surface area contributed by atoms with Crippen LogP contribution >= 0.6 is 0 Å². The third-order valence-corrected chi connectivity index (χ3v) is 18.2. The summed E-state index contributed by atoms with van der Waals surface area (Å²) in [5.41, 5.74) is 20.6. The van der Waals surface area contributed by atoms with Crippen molar-refractivity contribution in [3.63, 3.8) is 0 Å². The van der Waals surface area contributed by atoms with Crippen LogP contribution in [0.5, 0.6) is 0 Å². The minimum atomic E-state index is 0.910. The lowest BCUT2D eigenvalue weighted by atomic mass is 9.82. The summed E-state index contributed by atoms with van der Waals surface area (Å²) in [4.78, 5) is 5.31. The number of aromatic nitrogens is 4. The molecule has 18 rings (SSSR count). The normalized spacial score (nSPS) is 11.9. The van der Waals surface area contributed by atoms with Crippen molar-refractivity contribution in [1.82, 2.24) is 18.7 Å². The predicted octanol–water partition coefficient (Wildman–Crippen LogP) is 22.2. The summed E-state index contributed by atoms with van der Waals surface area (Å²) in [7, 11) is 0. The molecule has 0 aliphatic rings. The van der Waals surface area contributed by atoms with Crippen molar-refractivity contribution in [2.24, 2.45) is 0 Å². The number of hydrogen-bond acceptors (Lipinski definition) is 1. The molecule has 0 radical (unpaired) electrons. The Hall–Kier alpha value is -11.6. The monoisotopic (exact) mass is 1100 g/mol. The van der Waals surface area contributed by atoms with E-state index in [-0.39, 0.29) is 0 Å². The molecule has 404 valence electrons. The number of imidazole rings is 1. The molecule has 0 fully saturated rings. The number of nitrogens with zero attached hydrogens (tertiary/aromatic N) is 4. The summed E-state index contributed by atoms with van der Waals surface area (Å²) in [5, 5.41) is 14.5. The number of benzene rings is 15. The highest BCUT2D eigenvalue weighted by Crippen LogP contribution is 2.50. The van der Waals surface area contributed by atoms with Gasteiger partial charge in [-0.3, -0.25) is 4.57 Å². The fourth-order valence-electron chi connectivity index (χ4n) is 14.6. The molecule has 0 aliphatic carbocycles. The first-order valence-corrected chi connectivity index (χ1v) is 29.9. The molecule has 0 spiro atoms. The van der Waals surface area contributed by atoms with Gasteiger partial charge < -0.3 is 9.13 Å². The molecule has 0 amide bonds. The number of fused-ring (bicyclic) bond motifs is 11. The van der Waals surface area contributed by atoms with E-state index >= 15 is 0 Å². The smallest absolute Gasteiger partial charge is 0.145 e. The van der Waals surface area contributed by atoms with Crippen LogP contribution in [0.2, 0.25) is 0 Å². The van der Waals surface area contributed by atoms with Crippen LogP contribution < -0.4 is 0 Å². The molecule has 0 aliphatic heterocycles. The number of hydrogen-bond donors (Lipinski definition) is 0. The van der Waals surface area contributed by atoms with Gasteiger partial charge in [0, 0.05) is 44.2 Å². The second-order valence-electron chi connectivity index (χ2n) is 22.9. The first-order valence-electron chi connectivity index (χ1n) is 29.9. The first kappa shape index (κ1) is 48.9. The number of para-hydroxylation sites is 7. The van der Waals surface area contributed by atoms with Crippen LogP contribution in [-0.4, -0.2) is 18.7 Å². The minimum absolute atomic E-state index is 0.910. The van der Waals surface area contributed by atoms with E-state index in [1.54, 1.807) is 0 Å². The number of rotatable bonds is 8. The van der Waals surface area contributed by atoms with Crippen LogP contribution in [0.25, 0.3) is 171 Å². The summed E-state index contributed by atoms with van der Waals surface area (Å²) in [6, 6.07) is 116. The molecule has 87 heavy (non-hydrogen) atoms. The van der Waals surface area contributed by atoms with Gasteiger partial charge in [0.2, 0.25) is 0 Å². The molecule has 4 heteroatoms. The zero-order chi connectivity index (χ0) is 57.1. The zero-order valence-electron chi connectivity index (χ0n) is 47.3. The van der Waals surface area contributed by atoms with E-state index in [4.69, 9.17) is 4.98 Å². The third kappa shape index (κ3) is 7.54. The van der Waals surface area contributed by atoms with Gasteiger partial charge in [0.15, 0.2) is 0 Å². The lowest BCUT2D eigenvalue weighted by Gasteiger charge is -2.21. The molecule has 0 saturated carbocycles. The van der Waals surface area contributed by atoms with Crippen molar-refractivity contribution in [3.05, 3.63) is 315 Å². The predicted molar refractivity (Wildman–Crippen MR) is 367 cm³/mol. The summed E-state index contributed by atoms with van der Waals surface area (Å²) in [5.74, 6) is 0.910. The Morgan fingerprint density at radius 3 is 0.966 bits per heavy atom. The largest absolute Gasteiger partial charge is 0.309 e. The summed E-state index contributed by atoms with van der Waals surface area (Å²) >= 11 is 0. The zero-order valence-corrected chi connectivity index (χ0v) is 47.3. The highest BCUT2D eigenvalue weighted by atomic mass is 15.1. The SMILES string of the molecule is c1ccc(-n2c(-c3cccc(-c4c5ccccc5c(-c5ccc6c(-c7cccc(-n8c9ccccc9c9ccccc98)c7)c7ccccc7c(-c7cccc(-n8c9ccccc9c9ccccc98)c7)c6c5)c5ccccc45)c3)nc3ccccc32)cc1. The van der Waals surface area contributed by atoms with Gasteiger partial charge in [-0.25, -0.2) is 4.98 Å². The van der Waals surface area contributed by atoms with E-state index in [1.165, 1.54) is 109 Å². The third-order valence-electron chi connectivity index (χ3n) is 18.2. The van der Waals surface area contributed by atoms with Gasteiger partial charge in [-0.05, 0) is 173 Å². The van der Waals surface area contributed by atoms with E-state index in [0.29, 0.717) is 0 Å². The fraction of sp³-hybridized carbons (Fsp3) is 0. The standard InChI is InChI=1S/C83H52N4/c1-2-27-58(28-3-1)87-78-46-19-14-41-73(78)84-83(87)57-26-20-23-53(49-57)79-65-35-4-6-37-67(65)81(68-38-7-5-36-66(68)79)56-47-48-71-72(52-56)82(55-25-22-30-60(51-55)86-76-44-17-12-33-63(76)64-34-13-18-45-77(64)86)70-40-9-8-39-69(70)80(71)54-24-21-29-59(50-54)85-74-42-15-10-31-61(74)62-32-11-16-43-75(62)85/h1-52H. The molecule has 0 N–H and O–H groups in total. The Balaban J connectivity index is 0.888. The average Bonchev–Trinajstić information content (AvgIpc) is 2.03. The van der Waals surface area contributed by atoms with Crippen molar-refractivity contribution in [2.75, 3.05) is 0 Å². The highest BCUT2D eigenvalue weighted by molar-refractivity contribution is 6.25. The Bertz CT molecular complexity index is 5670. The molecular formula is C83H52N4. The molecule has 4 nitrogen and oxygen atoms in total. The maximum absolute atomic E-state index is 5.31. The van der Waals surface area contributed by atoms with Crippen molar-refractivity contribution in [2.45, 2.75) is 0 Å². The molecule has 0 bridgehead atoms. The Morgan fingerprint density at radius 1 is 0.184 bits per heavy atom. The van der Waals surface area contributed by atoms with E-state index in [1.807, 2.05) is 0 Å². The molecule has 3 heterocycles. The summed E-state index contributed by atoms with van der Waals surface area (Å²) in [6.07, 6.45) is 0. The van der Waals surface area contributed by atoms with Crippen molar-refractivity contribution in [1.29, 1.82) is 0 Å². The molecule has 0 saturated heterocycles. The first-order chi connectivity index (χ1) is 43.2. The van der Waals surface area contributed by atoms with Crippen LogP contribution in [0.3, 0.4) is 0 Å². The van der Waals surface area contributed by atoms with Crippen LogP contribution in [0.1, 0.15) is 0 Å². The van der Waals surface area contributed by atoms with E-state index in [0.717, 1.165) is 61.7 Å². The van der Waals surface area contributed by atoms with Crippen LogP contribution in [0.15, 0.2) is 315 Å². The van der Waals surface area contributed by atoms with Crippen LogP contribution in [0.4, 0.5) is 0 Å².